The predicted octanol–water partition coefficient (Wildman–Crippen LogP) is 6.33. The fraction of sp³-hybridized carbons (Fsp3) is 0.0667. The number of fused-ring (bicyclic) bond motifs is 1. The molecule has 1 heterocycles. The Morgan fingerprint density at radius 2 is 1.95 bits per heavy atom. The summed E-state index contributed by atoms with van der Waals surface area (Å²) in [5, 5.41) is 4.21. The Morgan fingerprint density at radius 1 is 1.19 bits per heavy atom. The normalized spacial score (nSPS) is 10.8. The van der Waals surface area contributed by atoms with Crippen LogP contribution >= 0.6 is 45.9 Å². The van der Waals surface area contributed by atoms with Crippen LogP contribution in [0, 0.1) is 15.4 Å². The van der Waals surface area contributed by atoms with Crippen LogP contribution in [0.1, 0.15) is 5.56 Å². The smallest absolute Gasteiger partial charge is 0.108 e. The third kappa shape index (κ3) is 3.22. The second-order valence-corrected chi connectivity index (χ2v) is 7.87. The first-order chi connectivity index (χ1) is 10.2. The van der Waals surface area contributed by atoms with Crippen LogP contribution in [0.3, 0.4) is 0 Å². The molecule has 106 valence electrons. The molecule has 0 saturated heterocycles. The molecule has 0 atom stereocenters. The molecule has 21 heavy (non-hydrogen) atoms. The number of thiophene rings is 1. The molecule has 0 spiro atoms. The Hall–Kier alpha value is -1.12. The molecular formula is C15H11IN2OS2. The highest BCUT2D eigenvalue weighted by Crippen LogP contribution is 2.38. The van der Waals surface area contributed by atoms with Gasteiger partial charge in [0.15, 0.2) is 0 Å². The van der Waals surface area contributed by atoms with Gasteiger partial charge in [0.1, 0.15) is 5.69 Å². The summed E-state index contributed by atoms with van der Waals surface area (Å²) in [5.41, 5.74) is 2.70. The summed E-state index contributed by atoms with van der Waals surface area (Å²) in [5.74, 6) is 0. The fourth-order valence-corrected chi connectivity index (χ4v) is 4.55. The second kappa shape index (κ2) is 6.33. The second-order valence-electron chi connectivity index (χ2n) is 4.50. The summed E-state index contributed by atoms with van der Waals surface area (Å²) in [6.07, 6.45) is 0. The quantitative estimate of drug-likeness (QED) is 0.301. The van der Waals surface area contributed by atoms with Crippen molar-refractivity contribution in [2.75, 3.05) is 4.72 Å². The van der Waals surface area contributed by atoms with Crippen molar-refractivity contribution in [3.05, 3.63) is 56.5 Å². The number of hydrogen-bond acceptors (Lipinski definition) is 5. The summed E-state index contributed by atoms with van der Waals surface area (Å²) >= 11 is 5.73. The van der Waals surface area contributed by atoms with Crippen LogP contribution in [0.2, 0.25) is 0 Å². The van der Waals surface area contributed by atoms with Crippen LogP contribution in [0.15, 0.2) is 51.9 Å². The summed E-state index contributed by atoms with van der Waals surface area (Å²) in [4.78, 5) is 10.4. The van der Waals surface area contributed by atoms with E-state index < -0.39 is 0 Å². The highest BCUT2D eigenvalue weighted by molar-refractivity contribution is 14.1. The molecule has 0 unspecified atom stereocenters. The lowest BCUT2D eigenvalue weighted by Crippen LogP contribution is -1.85. The van der Waals surface area contributed by atoms with Crippen molar-refractivity contribution in [2.45, 2.75) is 11.1 Å². The van der Waals surface area contributed by atoms with Gasteiger partial charge in [0.2, 0.25) is 0 Å². The van der Waals surface area contributed by atoms with E-state index in [1.54, 1.807) is 35.4 Å². The maximum atomic E-state index is 10.4. The van der Waals surface area contributed by atoms with E-state index in [0.717, 1.165) is 5.69 Å². The highest BCUT2D eigenvalue weighted by atomic mass is 127. The summed E-state index contributed by atoms with van der Waals surface area (Å²) in [6, 6.07) is 13.6. The molecular weight excluding hydrogens is 415 g/mol. The highest BCUT2D eigenvalue weighted by Gasteiger charge is 2.09. The zero-order chi connectivity index (χ0) is 14.8. The summed E-state index contributed by atoms with van der Waals surface area (Å²) in [6.45, 7) is 2.15. The molecule has 0 aliphatic carbocycles. The number of anilines is 1. The number of aryl methyl sites for hydroxylation is 1. The van der Waals surface area contributed by atoms with E-state index in [1.807, 2.05) is 12.1 Å². The van der Waals surface area contributed by atoms with Gasteiger partial charge in [-0.1, -0.05) is 0 Å². The number of rotatable bonds is 4. The lowest BCUT2D eigenvalue weighted by molar-refractivity contribution is 1.46. The maximum absolute atomic E-state index is 10.4. The van der Waals surface area contributed by atoms with Crippen molar-refractivity contribution in [1.29, 1.82) is 0 Å². The topological polar surface area (TPSA) is 41.5 Å². The van der Waals surface area contributed by atoms with Gasteiger partial charge in [-0.3, -0.25) is 0 Å². The van der Waals surface area contributed by atoms with Gasteiger partial charge in [-0.25, -0.2) is 0 Å². The van der Waals surface area contributed by atoms with E-state index in [4.69, 9.17) is 0 Å². The Balaban J connectivity index is 1.81. The number of nitrogens with zero attached hydrogens (tertiary/aromatic N) is 1. The molecule has 0 fully saturated rings. The minimum Gasteiger partial charge on any atom is -0.325 e. The molecule has 3 aromatic rings. The predicted molar refractivity (Wildman–Crippen MR) is 101 cm³/mol. The number of nitroso groups, excluding NO2 is 1. The van der Waals surface area contributed by atoms with Gasteiger partial charge in [0.25, 0.3) is 0 Å². The first kappa shape index (κ1) is 14.8. The van der Waals surface area contributed by atoms with Gasteiger partial charge in [0.05, 0.1) is 4.21 Å². The average Bonchev–Trinajstić information content (AvgIpc) is 2.82. The van der Waals surface area contributed by atoms with Gasteiger partial charge in [-0.15, -0.1) is 16.2 Å². The van der Waals surface area contributed by atoms with Gasteiger partial charge < -0.3 is 4.72 Å². The molecule has 0 aliphatic heterocycles. The van der Waals surface area contributed by atoms with Crippen molar-refractivity contribution in [3.8, 4) is 0 Å². The minimum absolute atomic E-state index is 0.443. The SMILES string of the molecule is Cc1c(SNc2ccc(N=O)cc2)sc2ccc(I)cc12. The molecule has 1 N–H and O–H groups in total. The van der Waals surface area contributed by atoms with Gasteiger partial charge in [-0.2, -0.15) is 0 Å². The molecule has 6 heteroatoms. The molecule has 0 saturated carbocycles. The third-order valence-electron chi connectivity index (χ3n) is 3.09. The first-order valence-corrected chi connectivity index (χ1v) is 8.93. The molecule has 3 nitrogen and oxygen atoms in total. The van der Waals surface area contributed by atoms with Gasteiger partial charge in [0, 0.05) is 14.0 Å². The van der Waals surface area contributed by atoms with E-state index >= 15 is 0 Å². The molecule has 0 radical (unpaired) electrons. The van der Waals surface area contributed by atoms with E-state index in [2.05, 4.69) is 57.6 Å². The number of halogens is 1. The van der Waals surface area contributed by atoms with Gasteiger partial charge in [-0.05, 0) is 100 Å². The molecule has 0 amide bonds. The lowest BCUT2D eigenvalue weighted by Gasteiger charge is -2.04. The van der Waals surface area contributed by atoms with Crippen molar-refractivity contribution in [2.24, 2.45) is 5.18 Å². The minimum atomic E-state index is 0.443. The summed E-state index contributed by atoms with van der Waals surface area (Å²) < 4.78 is 7.12. The number of nitrogens with one attached hydrogen (secondary N) is 1. The van der Waals surface area contributed by atoms with Crippen molar-refractivity contribution >= 4 is 67.3 Å². The maximum Gasteiger partial charge on any atom is 0.108 e. The molecule has 3 rings (SSSR count). The Morgan fingerprint density at radius 3 is 2.67 bits per heavy atom. The zero-order valence-corrected chi connectivity index (χ0v) is 14.9. The van der Waals surface area contributed by atoms with Crippen molar-refractivity contribution in [1.82, 2.24) is 0 Å². The lowest BCUT2D eigenvalue weighted by atomic mass is 10.2. The van der Waals surface area contributed by atoms with Crippen molar-refractivity contribution in [3.63, 3.8) is 0 Å². The number of benzene rings is 2. The van der Waals surface area contributed by atoms with Crippen LogP contribution in [-0.4, -0.2) is 0 Å². The fourth-order valence-electron chi connectivity index (χ4n) is 1.96. The standard InChI is InChI=1S/C15H11IN2OS2/c1-9-13-8-10(16)2-7-14(13)20-15(9)21-18-12-5-3-11(17-19)4-6-12/h2-8,18H,1H3. The van der Waals surface area contributed by atoms with Crippen LogP contribution in [0.4, 0.5) is 11.4 Å². The monoisotopic (exact) mass is 426 g/mol. The van der Waals surface area contributed by atoms with Crippen LogP contribution in [0.25, 0.3) is 10.1 Å². The largest absolute Gasteiger partial charge is 0.325 e. The first-order valence-electron chi connectivity index (χ1n) is 6.22. The van der Waals surface area contributed by atoms with E-state index in [1.165, 1.54) is 23.4 Å². The molecule has 0 bridgehead atoms. The van der Waals surface area contributed by atoms with E-state index in [0.29, 0.717) is 5.69 Å². The Kier molecular flexibility index (Phi) is 4.46. The molecule has 2 aromatic carbocycles. The average molecular weight is 426 g/mol. The zero-order valence-electron chi connectivity index (χ0n) is 11.1. The van der Waals surface area contributed by atoms with Crippen LogP contribution < -0.4 is 4.72 Å². The Bertz CT molecular complexity index is 799. The van der Waals surface area contributed by atoms with Crippen LogP contribution in [0.5, 0.6) is 0 Å². The van der Waals surface area contributed by atoms with E-state index in [-0.39, 0.29) is 0 Å². The van der Waals surface area contributed by atoms with Gasteiger partial charge >= 0.3 is 0 Å². The summed E-state index contributed by atoms with van der Waals surface area (Å²) in [7, 11) is 0. The number of hydrogen-bond donors (Lipinski definition) is 1. The Labute approximate surface area is 144 Å². The molecule has 1 aromatic heterocycles. The van der Waals surface area contributed by atoms with E-state index in [9.17, 15) is 4.91 Å². The van der Waals surface area contributed by atoms with Crippen LogP contribution in [-0.2, 0) is 0 Å². The van der Waals surface area contributed by atoms with Crippen molar-refractivity contribution < 1.29 is 0 Å². The molecule has 0 aliphatic rings. The third-order valence-corrected chi connectivity index (χ3v) is 6.16.